The van der Waals surface area contributed by atoms with Crippen molar-refractivity contribution in [2.24, 2.45) is 5.92 Å². The summed E-state index contributed by atoms with van der Waals surface area (Å²) in [5.74, 6) is -1.06. The van der Waals surface area contributed by atoms with Gasteiger partial charge in [-0.3, -0.25) is 9.59 Å². The van der Waals surface area contributed by atoms with Crippen molar-refractivity contribution in [2.45, 2.75) is 31.6 Å². The number of rotatable bonds is 5. The molecule has 2 aliphatic rings. The van der Waals surface area contributed by atoms with E-state index in [-0.39, 0.29) is 21.9 Å². The molecule has 2 heterocycles. The highest BCUT2D eigenvalue weighted by Gasteiger charge is 2.36. The van der Waals surface area contributed by atoms with Crippen molar-refractivity contribution in [3.63, 3.8) is 0 Å². The Kier molecular flexibility index (Phi) is 6.43. The normalized spacial score (nSPS) is 16.6. The molecule has 5 rings (SSSR count). The second-order valence-electron chi connectivity index (χ2n) is 9.45. The average molecular weight is 519 g/mol. The molecule has 0 atom stereocenters. The molecule has 1 fully saturated rings. The molecule has 0 spiro atoms. The van der Waals surface area contributed by atoms with Gasteiger partial charge < -0.3 is 4.74 Å². The van der Waals surface area contributed by atoms with Crippen LogP contribution in [0.4, 0.5) is 5.69 Å². The molecule has 3 aromatic carbocycles. The number of hydrogen-bond donors (Lipinski definition) is 0. The molecule has 190 valence electrons. The van der Waals surface area contributed by atoms with Crippen molar-refractivity contribution in [1.82, 2.24) is 4.31 Å². The number of sulfonamides is 1. The molecule has 0 saturated carbocycles. The summed E-state index contributed by atoms with van der Waals surface area (Å²) in [4.78, 5) is 39.7. The van der Waals surface area contributed by atoms with Gasteiger partial charge in [0.25, 0.3) is 11.8 Å². The number of amides is 2. The van der Waals surface area contributed by atoms with Gasteiger partial charge in [0.15, 0.2) is 0 Å². The van der Waals surface area contributed by atoms with E-state index in [1.807, 2.05) is 0 Å². The molecule has 0 aliphatic carbocycles. The van der Waals surface area contributed by atoms with Crippen LogP contribution in [0.3, 0.4) is 0 Å². The fourth-order valence-corrected chi connectivity index (χ4v) is 6.37. The number of carbonyl (C=O) groups is 3. The Labute approximate surface area is 215 Å². The molecule has 8 nitrogen and oxygen atoms in total. The van der Waals surface area contributed by atoms with Gasteiger partial charge in [-0.15, -0.1) is 0 Å². The van der Waals surface area contributed by atoms with Crippen LogP contribution in [-0.2, 0) is 10.0 Å². The topological polar surface area (TPSA) is 101 Å². The van der Waals surface area contributed by atoms with Crippen LogP contribution in [0, 0.1) is 12.8 Å². The molecule has 2 amide bonds. The number of ether oxygens (including phenoxy) is 1. The van der Waals surface area contributed by atoms with Gasteiger partial charge in [-0.25, -0.2) is 18.1 Å². The zero-order valence-corrected chi connectivity index (χ0v) is 21.3. The first-order chi connectivity index (χ1) is 17.7. The lowest BCUT2D eigenvalue weighted by molar-refractivity contribution is 0.0734. The quantitative estimate of drug-likeness (QED) is 0.281. The van der Waals surface area contributed by atoms with Crippen molar-refractivity contribution in [2.75, 3.05) is 18.0 Å². The van der Waals surface area contributed by atoms with E-state index in [1.54, 1.807) is 49.4 Å². The molecule has 0 aromatic heterocycles. The zero-order valence-electron chi connectivity index (χ0n) is 20.5. The molecule has 0 radical (unpaired) electrons. The summed E-state index contributed by atoms with van der Waals surface area (Å²) >= 11 is 0. The van der Waals surface area contributed by atoms with Crippen molar-refractivity contribution in [3.8, 4) is 5.75 Å². The Morgan fingerprint density at radius 2 is 1.54 bits per heavy atom. The molecule has 0 unspecified atom stereocenters. The number of hydrogen-bond acceptors (Lipinski definition) is 6. The first kappa shape index (κ1) is 24.9. The fraction of sp³-hybridized carbons (Fsp3) is 0.250. The van der Waals surface area contributed by atoms with Crippen LogP contribution in [0.5, 0.6) is 5.75 Å². The predicted molar refractivity (Wildman–Crippen MR) is 137 cm³/mol. The summed E-state index contributed by atoms with van der Waals surface area (Å²) in [7, 11) is -3.76. The first-order valence-corrected chi connectivity index (χ1v) is 13.5. The van der Waals surface area contributed by atoms with Gasteiger partial charge in [0, 0.05) is 19.2 Å². The second-order valence-corrected chi connectivity index (χ2v) is 11.4. The number of aryl methyl sites for hydroxylation is 1. The Morgan fingerprint density at radius 1 is 0.892 bits per heavy atom. The Balaban J connectivity index is 1.38. The number of imide groups is 1. The van der Waals surface area contributed by atoms with E-state index in [1.165, 1.54) is 28.6 Å². The van der Waals surface area contributed by atoms with E-state index in [9.17, 15) is 22.8 Å². The number of nitrogens with zero attached hydrogens (tertiary/aromatic N) is 2. The van der Waals surface area contributed by atoms with Gasteiger partial charge in [0.1, 0.15) is 5.75 Å². The summed E-state index contributed by atoms with van der Waals surface area (Å²) in [6.07, 6.45) is 1.59. The number of piperidine rings is 1. The average Bonchev–Trinajstić information content (AvgIpc) is 3.14. The van der Waals surface area contributed by atoms with Crippen molar-refractivity contribution in [1.29, 1.82) is 0 Å². The largest absolute Gasteiger partial charge is 0.423 e. The SMILES string of the molecule is Cc1ccc(C(=O)Oc2cccc(N3C(=O)c4ccccc4C3=O)c2)cc1S(=O)(=O)N1CCC(C)CC1. The summed E-state index contributed by atoms with van der Waals surface area (Å²) in [5, 5.41) is 0. The molecule has 9 heteroatoms. The monoisotopic (exact) mass is 518 g/mol. The minimum Gasteiger partial charge on any atom is -0.423 e. The summed E-state index contributed by atoms with van der Waals surface area (Å²) < 4.78 is 33.6. The van der Waals surface area contributed by atoms with Gasteiger partial charge in [-0.1, -0.05) is 31.2 Å². The molecule has 0 bridgehead atoms. The van der Waals surface area contributed by atoms with Crippen LogP contribution in [-0.4, -0.2) is 43.6 Å². The van der Waals surface area contributed by atoms with E-state index in [0.29, 0.717) is 35.7 Å². The van der Waals surface area contributed by atoms with Gasteiger partial charge in [-0.05, 0) is 67.6 Å². The second kappa shape index (κ2) is 9.57. The lowest BCUT2D eigenvalue weighted by Crippen LogP contribution is -2.38. The lowest BCUT2D eigenvalue weighted by atomic mass is 10.0. The lowest BCUT2D eigenvalue weighted by Gasteiger charge is -2.30. The minimum absolute atomic E-state index is 0.0799. The molecular weight excluding hydrogens is 492 g/mol. The van der Waals surface area contributed by atoms with E-state index in [0.717, 1.165) is 17.7 Å². The first-order valence-electron chi connectivity index (χ1n) is 12.1. The van der Waals surface area contributed by atoms with Gasteiger partial charge in [0.05, 0.1) is 27.3 Å². The summed E-state index contributed by atoms with van der Waals surface area (Å²) in [6, 6.07) is 17.1. The van der Waals surface area contributed by atoms with Gasteiger partial charge >= 0.3 is 5.97 Å². The number of esters is 1. The maximum atomic E-state index is 13.3. The molecule has 3 aromatic rings. The maximum absolute atomic E-state index is 13.3. The molecule has 1 saturated heterocycles. The number of fused-ring (bicyclic) bond motifs is 1. The number of anilines is 1. The van der Waals surface area contributed by atoms with Crippen molar-refractivity contribution in [3.05, 3.63) is 89.0 Å². The molecular formula is C28H26N2O6S. The highest BCUT2D eigenvalue weighted by molar-refractivity contribution is 7.89. The number of benzene rings is 3. The molecule has 2 aliphatic heterocycles. The summed E-state index contributed by atoms with van der Waals surface area (Å²) in [5.41, 5.74) is 1.52. The number of carbonyl (C=O) groups excluding carboxylic acids is 3. The third kappa shape index (κ3) is 4.56. The fourth-order valence-electron chi connectivity index (χ4n) is 4.65. The Hall–Kier alpha value is -3.82. The molecule has 0 N–H and O–H groups in total. The third-order valence-corrected chi connectivity index (χ3v) is 8.91. The Bertz CT molecular complexity index is 1490. The smallest absolute Gasteiger partial charge is 0.343 e. The van der Waals surface area contributed by atoms with Gasteiger partial charge in [-0.2, -0.15) is 4.31 Å². The van der Waals surface area contributed by atoms with Crippen LogP contribution < -0.4 is 9.64 Å². The van der Waals surface area contributed by atoms with Crippen LogP contribution in [0.1, 0.15) is 56.4 Å². The predicted octanol–water partition coefficient (Wildman–Crippen LogP) is 4.44. The van der Waals surface area contributed by atoms with E-state index >= 15 is 0 Å². The van der Waals surface area contributed by atoms with Gasteiger partial charge in [0.2, 0.25) is 10.0 Å². The van der Waals surface area contributed by atoms with E-state index in [4.69, 9.17) is 4.74 Å². The third-order valence-electron chi connectivity index (χ3n) is 6.86. The zero-order chi connectivity index (χ0) is 26.3. The highest BCUT2D eigenvalue weighted by atomic mass is 32.2. The minimum atomic E-state index is -3.76. The Morgan fingerprint density at radius 3 is 2.19 bits per heavy atom. The maximum Gasteiger partial charge on any atom is 0.343 e. The van der Waals surface area contributed by atoms with Crippen molar-refractivity contribution >= 4 is 33.5 Å². The van der Waals surface area contributed by atoms with Crippen LogP contribution in [0.15, 0.2) is 71.6 Å². The van der Waals surface area contributed by atoms with Crippen LogP contribution >= 0.6 is 0 Å². The van der Waals surface area contributed by atoms with Crippen LogP contribution in [0.25, 0.3) is 0 Å². The van der Waals surface area contributed by atoms with E-state index < -0.39 is 27.8 Å². The molecule has 37 heavy (non-hydrogen) atoms. The van der Waals surface area contributed by atoms with Crippen LogP contribution in [0.2, 0.25) is 0 Å². The highest BCUT2D eigenvalue weighted by Crippen LogP contribution is 2.31. The standard InChI is InChI=1S/C28H26N2O6S/c1-18-12-14-29(15-13-18)37(34,35)25-16-20(11-10-19(25)2)28(33)36-22-7-5-6-21(17-22)30-26(31)23-8-3-4-9-24(23)27(30)32/h3-11,16-18H,12-15H2,1-2H3. The van der Waals surface area contributed by atoms with Crippen molar-refractivity contribution < 1.29 is 27.5 Å². The summed E-state index contributed by atoms with van der Waals surface area (Å²) in [6.45, 7) is 4.69. The van der Waals surface area contributed by atoms with E-state index in [2.05, 4.69) is 6.92 Å².